The molecular formula is C21H36N4S+2. The summed E-state index contributed by atoms with van der Waals surface area (Å²) in [5.74, 6) is 0. The van der Waals surface area contributed by atoms with Crippen LogP contribution in [0.3, 0.4) is 0 Å². The van der Waals surface area contributed by atoms with E-state index in [0.29, 0.717) is 18.1 Å². The highest BCUT2D eigenvalue weighted by Gasteiger charge is 2.33. The van der Waals surface area contributed by atoms with E-state index < -0.39 is 0 Å². The first-order valence-electron chi connectivity index (χ1n) is 10.4. The molecule has 0 aromatic heterocycles. The van der Waals surface area contributed by atoms with Gasteiger partial charge in [0.25, 0.3) is 0 Å². The van der Waals surface area contributed by atoms with E-state index in [4.69, 9.17) is 12.2 Å². The van der Waals surface area contributed by atoms with Crippen molar-refractivity contribution in [1.82, 2.24) is 10.6 Å². The van der Waals surface area contributed by atoms with Crippen molar-refractivity contribution in [3.8, 4) is 0 Å². The number of nitrogens with one attached hydrogen (secondary N) is 4. The predicted octanol–water partition coefficient (Wildman–Crippen LogP) is 0.326. The van der Waals surface area contributed by atoms with Crippen molar-refractivity contribution in [2.75, 3.05) is 33.2 Å². The largest absolute Gasteiger partial charge is 0.360 e. The summed E-state index contributed by atoms with van der Waals surface area (Å²) in [6.07, 6.45) is 6.54. The van der Waals surface area contributed by atoms with Gasteiger partial charge in [0.2, 0.25) is 0 Å². The molecule has 144 valence electrons. The van der Waals surface area contributed by atoms with Gasteiger partial charge in [-0.05, 0) is 32.0 Å². The van der Waals surface area contributed by atoms with Gasteiger partial charge in [-0.3, -0.25) is 0 Å². The van der Waals surface area contributed by atoms with Crippen LogP contribution in [-0.2, 0) is 0 Å². The Morgan fingerprint density at radius 2 is 1.69 bits per heavy atom. The molecule has 0 radical (unpaired) electrons. The van der Waals surface area contributed by atoms with Crippen molar-refractivity contribution in [2.45, 2.75) is 57.2 Å². The van der Waals surface area contributed by atoms with Crippen molar-refractivity contribution in [3.05, 3.63) is 35.9 Å². The van der Waals surface area contributed by atoms with Gasteiger partial charge in [-0.15, -0.1) is 0 Å². The molecule has 1 aliphatic carbocycles. The van der Waals surface area contributed by atoms with Crippen LogP contribution in [0.15, 0.2) is 30.3 Å². The second-order valence-corrected chi connectivity index (χ2v) is 8.65. The minimum Gasteiger partial charge on any atom is -0.360 e. The molecule has 2 fully saturated rings. The van der Waals surface area contributed by atoms with Crippen LogP contribution >= 0.6 is 12.2 Å². The number of piperazine rings is 1. The monoisotopic (exact) mass is 376 g/mol. The number of rotatable bonds is 5. The average Bonchev–Trinajstić information content (AvgIpc) is 2.65. The third-order valence-electron chi connectivity index (χ3n) is 6.14. The fraction of sp³-hybridized carbons (Fsp3) is 0.667. The molecule has 2 aliphatic rings. The Morgan fingerprint density at radius 3 is 2.35 bits per heavy atom. The molecule has 1 heterocycles. The lowest BCUT2D eigenvalue weighted by Gasteiger charge is -2.37. The standard InChI is InChI=1S/C21H34N4S/c1-17(22-21(26)23-19-11-7-4-8-12-19)20(18-9-5-3-6-10-18)25-15-13-24(2)14-16-25/h3,5-6,9-10,17,19-20H,4,7-8,11-16H2,1-2H3,(H2,22,23,26)/p+2/t17-,20+/m1/s1. The minimum atomic E-state index is 0.314. The Hall–Kier alpha value is -1.17. The molecule has 5 heteroatoms. The first-order chi connectivity index (χ1) is 12.6. The molecule has 0 unspecified atom stereocenters. The normalized spacial score (nSPS) is 26.7. The Bertz CT molecular complexity index is 550. The Labute approximate surface area is 164 Å². The summed E-state index contributed by atoms with van der Waals surface area (Å²) < 4.78 is 0. The van der Waals surface area contributed by atoms with E-state index in [1.165, 1.54) is 63.8 Å². The molecular weight excluding hydrogens is 340 g/mol. The van der Waals surface area contributed by atoms with Gasteiger partial charge in [-0.25, -0.2) is 0 Å². The average molecular weight is 377 g/mol. The highest BCUT2D eigenvalue weighted by molar-refractivity contribution is 7.80. The van der Waals surface area contributed by atoms with Crippen LogP contribution in [0.1, 0.15) is 50.6 Å². The van der Waals surface area contributed by atoms with Crippen LogP contribution in [0.4, 0.5) is 0 Å². The summed E-state index contributed by atoms with van der Waals surface area (Å²) in [5, 5.41) is 8.04. The van der Waals surface area contributed by atoms with Crippen LogP contribution in [0, 0.1) is 0 Å². The number of quaternary nitrogens is 2. The molecule has 1 aliphatic heterocycles. The zero-order valence-corrected chi connectivity index (χ0v) is 17.2. The Morgan fingerprint density at radius 1 is 1.04 bits per heavy atom. The number of benzene rings is 1. The number of hydrogen-bond donors (Lipinski definition) is 4. The SMILES string of the molecule is C[C@@H](NC(=S)NC1CCCCC1)[C@@H](c1ccccc1)[NH+]1CC[NH+](C)CC1. The molecule has 4 N–H and O–H groups in total. The van der Waals surface area contributed by atoms with E-state index in [1.807, 2.05) is 0 Å². The summed E-state index contributed by atoms with van der Waals surface area (Å²) in [5.41, 5.74) is 1.42. The van der Waals surface area contributed by atoms with E-state index in [0.717, 1.165) is 5.11 Å². The fourth-order valence-corrected chi connectivity index (χ4v) is 4.96. The lowest BCUT2D eigenvalue weighted by molar-refractivity contribution is -1.02. The van der Waals surface area contributed by atoms with E-state index in [-0.39, 0.29) is 0 Å². The van der Waals surface area contributed by atoms with Crippen LogP contribution in [-0.4, -0.2) is 50.4 Å². The highest BCUT2D eigenvalue weighted by atomic mass is 32.1. The lowest BCUT2D eigenvalue weighted by Crippen LogP contribution is -3.27. The first-order valence-corrected chi connectivity index (χ1v) is 10.8. The van der Waals surface area contributed by atoms with Gasteiger partial charge in [0.15, 0.2) is 5.11 Å². The summed E-state index contributed by atoms with van der Waals surface area (Å²) in [7, 11) is 2.30. The number of thiocarbonyl (C=S) groups is 1. The summed E-state index contributed by atoms with van der Waals surface area (Å²) in [6, 6.07) is 12.3. The third-order valence-corrected chi connectivity index (χ3v) is 6.38. The number of likely N-dealkylation sites (N-methyl/N-ethyl adjacent to an activating group) is 1. The first kappa shape index (κ1) is 19.6. The molecule has 1 saturated carbocycles. The number of hydrogen-bond acceptors (Lipinski definition) is 1. The quantitative estimate of drug-likeness (QED) is 0.559. The molecule has 1 aromatic rings. The molecule has 2 atom stereocenters. The van der Waals surface area contributed by atoms with Crippen LogP contribution in [0.25, 0.3) is 0 Å². The van der Waals surface area contributed by atoms with Crippen molar-refractivity contribution in [1.29, 1.82) is 0 Å². The minimum absolute atomic E-state index is 0.314. The van der Waals surface area contributed by atoms with Gasteiger partial charge in [-0.1, -0.05) is 49.6 Å². The zero-order chi connectivity index (χ0) is 18.4. The third kappa shape index (κ3) is 5.41. The highest BCUT2D eigenvalue weighted by Crippen LogP contribution is 2.18. The van der Waals surface area contributed by atoms with E-state index in [9.17, 15) is 0 Å². The molecule has 3 rings (SSSR count). The second-order valence-electron chi connectivity index (χ2n) is 8.25. The van der Waals surface area contributed by atoms with Gasteiger partial charge in [0.1, 0.15) is 32.2 Å². The lowest BCUT2D eigenvalue weighted by atomic mass is 9.95. The van der Waals surface area contributed by atoms with Gasteiger partial charge < -0.3 is 20.4 Å². The molecule has 26 heavy (non-hydrogen) atoms. The van der Waals surface area contributed by atoms with Gasteiger partial charge in [0, 0.05) is 11.6 Å². The van der Waals surface area contributed by atoms with Crippen molar-refractivity contribution < 1.29 is 9.80 Å². The van der Waals surface area contributed by atoms with Crippen molar-refractivity contribution in [2.24, 2.45) is 0 Å². The van der Waals surface area contributed by atoms with Crippen LogP contribution in [0.2, 0.25) is 0 Å². The van der Waals surface area contributed by atoms with E-state index in [2.05, 4.69) is 54.9 Å². The molecule has 1 saturated heterocycles. The smallest absolute Gasteiger partial charge is 0.166 e. The van der Waals surface area contributed by atoms with E-state index >= 15 is 0 Å². The second kappa shape index (κ2) is 9.67. The fourth-order valence-electron chi connectivity index (χ4n) is 4.61. The maximum Gasteiger partial charge on any atom is 0.166 e. The predicted molar refractivity (Wildman–Crippen MR) is 112 cm³/mol. The maximum atomic E-state index is 5.66. The van der Waals surface area contributed by atoms with Crippen LogP contribution in [0.5, 0.6) is 0 Å². The zero-order valence-electron chi connectivity index (χ0n) is 16.4. The Balaban J connectivity index is 1.64. The summed E-state index contributed by atoms with van der Waals surface area (Å²) >= 11 is 5.66. The molecule has 0 amide bonds. The summed E-state index contributed by atoms with van der Waals surface area (Å²) in [6.45, 7) is 7.23. The molecule has 0 spiro atoms. The van der Waals surface area contributed by atoms with Gasteiger partial charge in [-0.2, -0.15) is 0 Å². The van der Waals surface area contributed by atoms with Crippen LogP contribution < -0.4 is 20.4 Å². The Kier molecular flexibility index (Phi) is 7.29. The van der Waals surface area contributed by atoms with Crippen molar-refractivity contribution >= 4 is 17.3 Å². The summed E-state index contributed by atoms with van der Waals surface area (Å²) in [4.78, 5) is 3.33. The molecule has 1 aromatic carbocycles. The van der Waals surface area contributed by atoms with Gasteiger partial charge >= 0.3 is 0 Å². The molecule has 0 bridgehead atoms. The van der Waals surface area contributed by atoms with Crippen molar-refractivity contribution in [3.63, 3.8) is 0 Å². The maximum absolute atomic E-state index is 5.66. The van der Waals surface area contributed by atoms with Gasteiger partial charge in [0.05, 0.1) is 13.1 Å². The topological polar surface area (TPSA) is 32.9 Å². The molecule has 4 nitrogen and oxygen atoms in total. The van der Waals surface area contributed by atoms with E-state index in [1.54, 1.807) is 9.80 Å².